The molecule has 0 saturated carbocycles. The van der Waals surface area contributed by atoms with E-state index in [4.69, 9.17) is 0 Å². The molecule has 29 heavy (non-hydrogen) atoms. The lowest BCUT2D eigenvalue weighted by molar-refractivity contribution is -0.115. The third-order valence-electron chi connectivity index (χ3n) is 4.71. The van der Waals surface area contributed by atoms with Crippen LogP contribution in [0.3, 0.4) is 0 Å². The highest BCUT2D eigenvalue weighted by molar-refractivity contribution is 8.00. The molecule has 6 heteroatoms. The molecule has 1 atom stereocenters. The highest BCUT2D eigenvalue weighted by Gasteiger charge is 2.20. The van der Waals surface area contributed by atoms with Gasteiger partial charge in [0, 0.05) is 12.2 Å². The molecule has 1 aromatic heterocycles. The molecule has 0 aliphatic carbocycles. The van der Waals surface area contributed by atoms with Crippen LogP contribution in [0, 0.1) is 20.8 Å². The Bertz CT molecular complexity index is 1130. The summed E-state index contributed by atoms with van der Waals surface area (Å²) in [6.07, 6.45) is 1.66. The molecule has 150 valence electrons. The molecule has 0 spiro atoms. The van der Waals surface area contributed by atoms with Crippen molar-refractivity contribution in [2.45, 2.75) is 44.6 Å². The Labute approximate surface area is 174 Å². The molecular weight excluding hydrogens is 382 g/mol. The van der Waals surface area contributed by atoms with Crippen LogP contribution in [-0.4, -0.2) is 20.7 Å². The van der Waals surface area contributed by atoms with E-state index in [1.54, 1.807) is 16.7 Å². The van der Waals surface area contributed by atoms with Gasteiger partial charge in [0.1, 0.15) is 0 Å². The second-order valence-corrected chi connectivity index (χ2v) is 8.45. The van der Waals surface area contributed by atoms with Crippen molar-refractivity contribution in [1.82, 2.24) is 9.55 Å². The number of anilines is 1. The van der Waals surface area contributed by atoms with Crippen LogP contribution in [0.15, 0.2) is 59.0 Å². The van der Waals surface area contributed by atoms with Gasteiger partial charge in [0.05, 0.1) is 16.2 Å². The molecule has 3 rings (SSSR count). The molecule has 1 heterocycles. The van der Waals surface area contributed by atoms with Crippen molar-refractivity contribution in [3.8, 4) is 0 Å². The largest absolute Gasteiger partial charge is 0.325 e. The number of para-hydroxylation sites is 1. The van der Waals surface area contributed by atoms with E-state index in [1.165, 1.54) is 11.8 Å². The van der Waals surface area contributed by atoms with Crippen LogP contribution in [0.2, 0.25) is 0 Å². The van der Waals surface area contributed by atoms with E-state index in [-0.39, 0.29) is 11.5 Å². The fraction of sp³-hybridized carbons (Fsp3) is 0.261. The predicted octanol–water partition coefficient (Wildman–Crippen LogP) is 4.63. The number of nitrogens with zero attached hydrogens (tertiary/aromatic N) is 2. The summed E-state index contributed by atoms with van der Waals surface area (Å²) in [4.78, 5) is 30.3. The van der Waals surface area contributed by atoms with E-state index in [0.29, 0.717) is 22.6 Å². The number of amides is 1. The molecule has 3 aromatic rings. The molecule has 0 radical (unpaired) electrons. The number of aromatic nitrogens is 2. The van der Waals surface area contributed by atoms with Crippen LogP contribution in [0.25, 0.3) is 10.9 Å². The average molecular weight is 408 g/mol. The number of hydrogen-bond acceptors (Lipinski definition) is 4. The van der Waals surface area contributed by atoms with Gasteiger partial charge >= 0.3 is 0 Å². The van der Waals surface area contributed by atoms with Crippen molar-refractivity contribution in [2.24, 2.45) is 0 Å². The smallest absolute Gasteiger partial charge is 0.262 e. The van der Waals surface area contributed by atoms with Gasteiger partial charge in [0.25, 0.3) is 5.56 Å². The Morgan fingerprint density at radius 3 is 2.55 bits per heavy atom. The number of carbonyl (C=O) groups is 1. The van der Waals surface area contributed by atoms with Crippen molar-refractivity contribution in [2.75, 3.05) is 5.32 Å². The van der Waals surface area contributed by atoms with Crippen LogP contribution in [0.4, 0.5) is 5.69 Å². The molecule has 1 amide bonds. The second-order valence-electron chi connectivity index (χ2n) is 7.14. The van der Waals surface area contributed by atoms with E-state index in [1.807, 2.05) is 58.0 Å². The maximum atomic E-state index is 12.9. The van der Waals surface area contributed by atoms with Gasteiger partial charge < -0.3 is 5.32 Å². The highest BCUT2D eigenvalue weighted by Crippen LogP contribution is 2.26. The molecule has 0 unspecified atom stereocenters. The first-order valence-corrected chi connectivity index (χ1v) is 10.4. The normalized spacial score (nSPS) is 12.0. The molecule has 0 bridgehead atoms. The van der Waals surface area contributed by atoms with Crippen LogP contribution in [-0.2, 0) is 11.3 Å². The topological polar surface area (TPSA) is 64.0 Å². The van der Waals surface area contributed by atoms with Crippen molar-refractivity contribution in [3.63, 3.8) is 0 Å². The van der Waals surface area contributed by atoms with Gasteiger partial charge in [0.2, 0.25) is 5.91 Å². The Balaban J connectivity index is 1.90. The van der Waals surface area contributed by atoms with Crippen LogP contribution in [0.1, 0.15) is 23.6 Å². The highest BCUT2D eigenvalue weighted by atomic mass is 32.2. The van der Waals surface area contributed by atoms with Gasteiger partial charge in [-0.25, -0.2) is 4.98 Å². The summed E-state index contributed by atoms with van der Waals surface area (Å²) in [5.41, 5.74) is 4.55. The first-order valence-electron chi connectivity index (χ1n) is 9.47. The van der Waals surface area contributed by atoms with E-state index in [0.717, 1.165) is 22.4 Å². The Kier molecular flexibility index (Phi) is 6.23. The Morgan fingerprint density at radius 2 is 1.90 bits per heavy atom. The van der Waals surface area contributed by atoms with E-state index >= 15 is 0 Å². The number of allylic oxidation sites excluding steroid dienone is 1. The van der Waals surface area contributed by atoms with Gasteiger partial charge in [-0.2, -0.15) is 0 Å². The third kappa shape index (κ3) is 4.43. The minimum Gasteiger partial charge on any atom is -0.325 e. The van der Waals surface area contributed by atoms with E-state index in [2.05, 4.69) is 16.9 Å². The molecule has 0 aliphatic heterocycles. The van der Waals surface area contributed by atoms with Gasteiger partial charge in [-0.05, 0) is 51.0 Å². The SMILES string of the molecule is C=CCn1c(S[C@@H](C)C(=O)Nc2c(C)cc(C)cc2C)nc2ccccc2c1=O. The zero-order chi connectivity index (χ0) is 21.1. The van der Waals surface area contributed by atoms with Crippen molar-refractivity contribution < 1.29 is 4.79 Å². The van der Waals surface area contributed by atoms with Crippen molar-refractivity contribution in [1.29, 1.82) is 0 Å². The Morgan fingerprint density at radius 1 is 1.24 bits per heavy atom. The molecule has 2 aromatic carbocycles. The maximum Gasteiger partial charge on any atom is 0.262 e. The lowest BCUT2D eigenvalue weighted by atomic mass is 10.1. The number of carbonyl (C=O) groups excluding carboxylic acids is 1. The summed E-state index contributed by atoms with van der Waals surface area (Å²) >= 11 is 1.27. The molecular formula is C23H25N3O2S. The van der Waals surface area contributed by atoms with Gasteiger partial charge in [0.15, 0.2) is 5.16 Å². The minimum atomic E-state index is -0.431. The summed E-state index contributed by atoms with van der Waals surface area (Å²) in [5, 5.41) is 3.67. The van der Waals surface area contributed by atoms with Gasteiger partial charge in [-0.1, -0.05) is 47.7 Å². The number of rotatable bonds is 6. The lowest BCUT2D eigenvalue weighted by Gasteiger charge is -2.17. The fourth-order valence-electron chi connectivity index (χ4n) is 3.34. The maximum absolute atomic E-state index is 12.9. The van der Waals surface area contributed by atoms with Gasteiger partial charge in [-0.3, -0.25) is 14.2 Å². The first kappa shape index (κ1) is 20.9. The summed E-state index contributed by atoms with van der Waals surface area (Å²) in [6, 6.07) is 11.3. The summed E-state index contributed by atoms with van der Waals surface area (Å²) in [7, 11) is 0. The number of hydrogen-bond donors (Lipinski definition) is 1. The van der Waals surface area contributed by atoms with E-state index in [9.17, 15) is 9.59 Å². The summed E-state index contributed by atoms with van der Waals surface area (Å²) in [6.45, 7) is 11.9. The average Bonchev–Trinajstić information content (AvgIpc) is 2.67. The number of fused-ring (bicyclic) bond motifs is 1. The molecule has 0 fully saturated rings. The monoisotopic (exact) mass is 407 g/mol. The Hall–Kier alpha value is -2.86. The zero-order valence-electron chi connectivity index (χ0n) is 17.2. The molecule has 0 aliphatic rings. The number of nitrogens with one attached hydrogen (secondary N) is 1. The van der Waals surface area contributed by atoms with Gasteiger partial charge in [-0.15, -0.1) is 6.58 Å². The van der Waals surface area contributed by atoms with Crippen LogP contribution < -0.4 is 10.9 Å². The number of aryl methyl sites for hydroxylation is 3. The standard InChI is InChI=1S/C23H25N3O2S/c1-6-11-26-22(28)18-9-7-8-10-19(18)24-23(26)29-17(5)21(27)25-20-15(3)12-14(2)13-16(20)4/h6-10,12-13,17H,1,11H2,2-5H3,(H,25,27)/t17-/m0/s1. The zero-order valence-corrected chi connectivity index (χ0v) is 18.0. The predicted molar refractivity (Wildman–Crippen MR) is 121 cm³/mol. The van der Waals surface area contributed by atoms with Crippen LogP contribution in [0.5, 0.6) is 0 Å². The molecule has 5 nitrogen and oxygen atoms in total. The quantitative estimate of drug-likeness (QED) is 0.368. The lowest BCUT2D eigenvalue weighted by Crippen LogP contribution is -2.27. The second kappa shape index (κ2) is 8.66. The number of thioether (sulfide) groups is 1. The van der Waals surface area contributed by atoms with Crippen molar-refractivity contribution >= 4 is 34.3 Å². The minimum absolute atomic E-state index is 0.127. The van der Waals surface area contributed by atoms with Crippen molar-refractivity contribution in [3.05, 3.63) is 76.1 Å². The molecule has 0 saturated heterocycles. The third-order valence-corrected chi connectivity index (χ3v) is 5.81. The summed E-state index contributed by atoms with van der Waals surface area (Å²) < 4.78 is 1.56. The number of benzene rings is 2. The first-order chi connectivity index (χ1) is 13.8. The summed E-state index contributed by atoms with van der Waals surface area (Å²) in [5.74, 6) is -0.127. The van der Waals surface area contributed by atoms with E-state index < -0.39 is 5.25 Å². The molecule has 1 N–H and O–H groups in total. The van der Waals surface area contributed by atoms with Crippen LogP contribution >= 0.6 is 11.8 Å². The fourth-order valence-corrected chi connectivity index (χ4v) is 4.26.